The lowest BCUT2D eigenvalue weighted by Crippen LogP contribution is -2.45. The third-order valence-corrected chi connectivity index (χ3v) is 7.09. The number of hydrogen-bond acceptors (Lipinski definition) is 8. The van der Waals surface area contributed by atoms with Crippen molar-refractivity contribution in [2.45, 2.75) is 26.5 Å². The van der Waals surface area contributed by atoms with Crippen molar-refractivity contribution in [3.8, 4) is 17.2 Å². The van der Waals surface area contributed by atoms with Crippen molar-refractivity contribution >= 4 is 51.4 Å². The monoisotopic (exact) mass is 684 g/mol. The number of para-hydroxylation sites is 1. The summed E-state index contributed by atoms with van der Waals surface area (Å²) in [6.45, 7) is 3.47. The van der Waals surface area contributed by atoms with Crippen LogP contribution in [0.5, 0.6) is 17.2 Å². The summed E-state index contributed by atoms with van der Waals surface area (Å²) in [7, 11) is 1.49. The Morgan fingerprint density at radius 2 is 1.91 bits per heavy atom. The Bertz CT molecular complexity index is 1620. The molecular formula is C31H30BrFN4O6S. The molecule has 10 nitrogen and oxygen atoms in total. The minimum Gasteiger partial charge on any atom is -0.493 e. The molecular weight excluding hydrogens is 655 g/mol. The minimum absolute atomic E-state index is 0.139. The van der Waals surface area contributed by atoms with Crippen LogP contribution in [0.4, 0.5) is 4.39 Å². The molecule has 230 valence electrons. The molecule has 0 aliphatic carbocycles. The van der Waals surface area contributed by atoms with Crippen LogP contribution in [0, 0.1) is 5.82 Å². The van der Waals surface area contributed by atoms with Gasteiger partial charge < -0.3 is 29.6 Å². The Morgan fingerprint density at radius 3 is 2.66 bits per heavy atom. The Morgan fingerprint density at radius 1 is 1.11 bits per heavy atom. The number of carbonyl (C=O) groups excluding carboxylic acids is 2. The van der Waals surface area contributed by atoms with E-state index in [9.17, 15) is 14.0 Å². The number of thiocarbonyl (C=S) groups is 1. The molecule has 0 aromatic heterocycles. The van der Waals surface area contributed by atoms with Gasteiger partial charge in [-0.05, 0) is 83.5 Å². The molecule has 1 amide bonds. The van der Waals surface area contributed by atoms with Crippen LogP contribution >= 0.6 is 28.1 Å². The van der Waals surface area contributed by atoms with E-state index < -0.39 is 17.9 Å². The summed E-state index contributed by atoms with van der Waals surface area (Å²) in [6.07, 6.45) is 1.44. The molecule has 3 aromatic carbocycles. The van der Waals surface area contributed by atoms with Gasteiger partial charge in [0.15, 0.2) is 23.2 Å². The molecule has 4 rings (SSSR count). The molecule has 0 unspecified atom stereocenters. The van der Waals surface area contributed by atoms with Gasteiger partial charge in [-0.2, -0.15) is 5.10 Å². The zero-order valence-corrected chi connectivity index (χ0v) is 26.5. The first-order valence-corrected chi connectivity index (χ1v) is 14.6. The highest BCUT2D eigenvalue weighted by atomic mass is 79.9. The molecule has 0 radical (unpaired) electrons. The predicted octanol–water partition coefficient (Wildman–Crippen LogP) is 5.06. The van der Waals surface area contributed by atoms with Gasteiger partial charge in [0.25, 0.3) is 5.91 Å². The van der Waals surface area contributed by atoms with Crippen molar-refractivity contribution in [1.82, 2.24) is 16.1 Å². The summed E-state index contributed by atoms with van der Waals surface area (Å²) < 4.78 is 36.5. The summed E-state index contributed by atoms with van der Waals surface area (Å²) >= 11 is 8.78. The summed E-state index contributed by atoms with van der Waals surface area (Å²) in [5.41, 5.74) is 5.24. The molecule has 1 heterocycles. The van der Waals surface area contributed by atoms with E-state index in [1.54, 1.807) is 62.4 Å². The maximum absolute atomic E-state index is 13.5. The molecule has 0 fully saturated rings. The highest BCUT2D eigenvalue weighted by Crippen LogP contribution is 2.37. The summed E-state index contributed by atoms with van der Waals surface area (Å²) in [6, 6.07) is 15.9. The molecule has 3 N–H and O–H groups in total. The van der Waals surface area contributed by atoms with Gasteiger partial charge in [-0.15, -0.1) is 0 Å². The summed E-state index contributed by atoms with van der Waals surface area (Å²) in [4.78, 5) is 25.3. The lowest BCUT2D eigenvalue weighted by Gasteiger charge is -2.30. The average Bonchev–Trinajstić information content (AvgIpc) is 2.99. The molecule has 3 aromatic rings. The zero-order valence-electron chi connectivity index (χ0n) is 24.1. The second-order valence-corrected chi connectivity index (χ2v) is 10.6. The maximum atomic E-state index is 13.5. The van der Waals surface area contributed by atoms with E-state index in [-0.39, 0.29) is 25.6 Å². The standard InChI is InChI=1S/C31H30BrFN4O6S/c1-4-41-30(39)27-18(2)35-31(44)36-28(27)22-10-5-6-11-24(22)42-17-26(38)37-34-15-20-13-23(32)29(25(14-20)40-3)43-16-19-8-7-9-21(33)12-19/h5-15,28H,4,16-17H2,1-3H3,(H,37,38)(H2,35,36,44)/t28-/m0/s1. The van der Waals surface area contributed by atoms with Gasteiger partial charge in [0.1, 0.15) is 18.2 Å². The molecule has 13 heteroatoms. The topological polar surface area (TPSA) is 120 Å². The third-order valence-electron chi connectivity index (χ3n) is 6.28. The van der Waals surface area contributed by atoms with E-state index >= 15 is 0 Å². The summed E-state index contributed by atoms with van der Waals surface area (Å²) in [5.74, 6) is -0.117. The first-order valence-electron chi connectivity index (χ1n) is 13.4. The van der Waals surface area contributed by atoms with Crippen molar-refractivity contribution in [3.05, 3.63) is 98.9 Å². The molecule has 0 saturated carbocycles. The minimum atomic E-state index is -0.644. The van der Waals surface area contributed by atoms with E-state index in [1.807, 2.05) is 0 Å². The largest absolute Gasteiger partial charge is 0.493 e. The maximum Gasteiger partial charge on any atom is 0.338 e. The number of nitrogens with zero attached hydrogens (tertiary/aromatic N) is 1. The van der Waals surface area contributed by atoms with E-state index in [1.165, 1.54) is 25.5 Å². The van der Waals surface area contributed by atoms with Crippen LogP contribution in [-0.2, 0) is 20.9 Å². The van der Waals surface area contributed by atoms with Crippen molar-refractivity contribution in [2.75, 3.05) is 20.3 Å². The Hall–Kier alpha value is -4.49. The SMILES string of the molecule is CCOC(=O)C1=C(C)NC(=S)N[C@H]1c1ccccc1OCC(=O)NN=Cc1cc(Br)c(OCc2cccc(F)c2)c(OC)c1. The van der Waals surface area contributed by atoms with Crippen molar-refractivity contribution in [2.24, 2.45) is 5.10 Å². The van der Waals surface area contributed by atoms with E-state index in [0.29, 0.717) is 54.8 Å². The normalized spacial score (nSPS) is 14.5. The van der Waals surface area contributed by atoms with Crippen LogP contribution in [0.25, 0.3) is 0 Å². The number of benzene rings is 3. The molecule has 44 heavy (non-hydrogen) atoms. The van der Waals surface area contributed by atoms with E-state index in [2.05, 4.69) is 37.1 Å². The predicted molar refractivity (Wildman–Crippen MR) is 170 cm³/mol. The van der Waals surface area contributed by atoms with Crippen LogP contribution in [-0.4, -0.2) is 43.5 Å². The number of ether oxygens (including phenoxy) is 4. The second-order valence-electron chi connectivity index (χ2n) is 9.36. The van der Waals surface area contributed by atoms with Crippen LogP contribution in [0.2, 0.25) is 0 Å². The Labute approximate surface area is 267 Å². The number of hydrazone groups is 1. The van der Waals surface area contributed by atoms with Gasteiger partial charge in [-0.3, -0.25) is 4.79 Å². The fraction of sp³-hybridized carbons (Fsp3) is 0.226. The highest BCUT2D eigenvalue weighted by Gasteiger charge is 2.32. The number of carbonyl (C=O) groups is 2. The molecule has 0 bridgehead atoms. The number of amides is 1. The second kappa shape index (κ2) is 15.3. The number of methoxy groups -OCH3 is 1. The third kappa shape index (κ3) is 8.32. The van der Waals surface area contributed by atoms with Crippen LogP contribution in [0.1, 0.15) is 36.6 Å². The fourth-order valence-corrected chi connectivity index (χ4v) is 5.19. The first-order chi connectivity index (χ1) is 21.2. The fourth-order valence-electron chi connectivity index (χ4n) is 4.35. The molecule has 0 saturated heterocycles. The quantitative estimate of drug-likeness (QED) is 0.104. The van der Waals surface area contributed by atoms with Crippen molar-refractivity contribution in [1.29, 1.82) is 0 Å². The molecule has 1 aliphatic heterocycles. The van der Waals surface area contributed by atoms with E-state index in [4.69, 9.17) is 31.2 Å². The Balaban J connectivity index is 1.40. The number of allylic oxidation sites excluding steroid dienone is 1. The van der Waals surface area contributed by atoms with Crippen LogP contribution < -0.4 is 30.3 Å². The van der Waals surface area contributed by atoms with Gasteiger partial charge >= 0.3 is 5.97 Å². The van der Waals surface area contributed by atoms with Gasteiger partial charge in [-0.25, -0.2) is 14.6 Å². The lowest BCUT2D eigenvalue weighted by atomic mass is 9.95. The van der Waals surface area contributed by atoms with Gasteiger partial charge in [0.05, 0.1) is 36.0 Å². The lowest BCUT2D eigenvalue weighted by molar-refractivity contribution is -0.139. The average molecular weight is 686 g/mol. The van der Waals surface area contributed by atoms with Crippen molar-refractivity contribution in [3.63, 3.8) is 0 Å². The molecule has 0 spiro atoms. The highest BCUT2D eigenvalue weighted by molar-refractivity contribution is 9.10. The Kier molecular flexibility index (Phi) is 11.3. The molecule has 1 aliphatic rings. The van der Waals surface area contributed by atoms with Gasteiger partial charge in [0, 0.05) is 11.3 Å². The zero-order chi connectivity index (χ0) is 31.6. The van der Waals surface area contributed by atoms with Crippen LogP contribution in [0.15, 0.2) is 81.5 Å². The van der Waals surface area contributed by atoms with E-state index in [0.717, 1.165) is 0 Å². The number of hydrogen-bond donors (Lipinski definition) is 3. The van der Waals surface area contributed by atoms with Crippen LogP contribution in [0.3, 0.4) is 0 Å². The number of esters is 1. The molecule has 1 atom stereocenters. The van der Waals surface area contributed by atoms with Crippen molar-refractivity contribution < 1.29 is 32.9 Å². The summed E-state index contributed by atoms with van der Waals surface area (Å²) in [5, 5.41) is 10.4. The smallest absolute Gasteiger partial charge is 0.338 e. The first kappa shape index (κ1) is 32.4. The number of halogens is 2. The number of rotatable bonds is 12. The van der Waals surface area contributed by atoms with Gasteiger partial charge in [-0.1, -0.05) is 30.3 Å². The van der Waals surface area contributed by atoms with Gasteiger partial charge in [0.2, 0.25) is 0 Å². The number of nitrogens with one attached hydrogen (secondary N) is 3.